The van der Waals surface area contributed by atoms with E-state index in [9.17, 15) is 9.59 Å². The van der Waals surface area contributed by atoms with Crippen LogP contribution >= 0.6 is 11.6 Å². The molecule has 0 saturated carbocycles. The topological polar surface area (TPSA) is 67.7 Å². The zero-order chi connectivity index (χ0) is 19.6. The van der Waals surface area contributed by atoms with Crippen molar-refractivity contribution in [3.05, 3.63) is 46.2 Å². The summed E-state index contributed by atoms with van der Waals surface area (Å²) in [5.41, 5.74) is 2.79. The third-order valence-corrected chi connectivity index (χ3v) is 5.08. The van der Waals surface area contributed by atoms with Crippen molar-refractivity contribution in [3.8, 4) is 0 Å². The van der Waals surface area contributed by atoms with Crippen molar-refractivity contribution < 1.29 is 14.3 Å². The molecule has 8 heteroatoms. The second kappa shape index (κ2) is 8.00. The molecule has 0 aliphatic carbocycles. The van der Waals surface area contributed by atoms with Gasteiger partial charge in [0.2, 0.25) is 0 Å². The number of aromatic nitrogens is 2. The summed E-state index contributed by atoms with van der Waals surface area (Å²) >= 11 is 6.04. The zero-order valence-corrected chi connectivity index (χ0v) is 16.5. The molecular weight excluding hydrogens is 368 g/mol. The lowest BCUT2D eigenvalue weighted by Crippen LogP contribution is -2.49. The molecule has 144 valence electrons. The van der Waals surface area contributed by atoms with Crippen molar-refractivity contribution in [2.45, 2.75) is 13.8 Å². The van der Waals surface area contributed by atoms with E-state index in [0.717, 1.165) is 11.4 Å². The molecule has 2 aromatic rings. The SMILES string of the molecule is Cc1nn(C)c(C)c1C(=O)OCC(=O)N1CCN(c2cccc(Cl)c2)CC1. The van der Waals surface area contributed by atoms with E-state index in [1.807, 2.05) is 24.3 Å². The maximum Gasteiger partial charge on any atom is 0.342 e. The number of hydrogen-bond acceptors (Lipinski definition) is 5. The van der Waals surface area contributed by atoms with Gasteiger partial charge in [-0.05, 0) is 32.0 Å². The van der Waals surface area contributed by atoms with Crippen LogP contribution in [0.2, 0.25) is 5.02 Å². The predicted molar refractivity (Wildman–Crippen MR) is 103 cm³/mol. The number of halogens is 1. The maximum atomic E-state index is 12.4. The van der Waals surface area contributed by atoms with Gasteiger partial charge in [0.1, 0.15) is 5.56 Å². The second-order valence-electron chi connectivity index (χ2n) is 6.59. The molecule has 0 atom stereocenters. The zero-order valence-electron chi connectivity index (χ0n) is 15.7. The van der Waals surface area contributed by atoms with Gasteiger partial charge in [-0.25, -0.2) is 4.79 Å². The molecule has 1 fully saturated rings. The van der Waals surface area contributed by atoms with Crippen LogP contribution in [0.5, 0.6) is 0 Å². The van der Waals surface area contributed by atoms with Crippen molar-refractivity contribution in [3.63, 3.8) is 0 Å². The lowest BCUT2D eigenvalue weighted by atomic mass is 10.2. The Balaban J connectivity index is 1.52. The molecule has 27 heavy (non-hydrogen) atoms. The van der Waals surface area contributed by atoms with Crippen molar-refractivity contribution >= 4 is 29.2 Å². The number of carbonyl (C=O) groups is 2. The van der Waals surface area contributed by atoms with Crippen molar-refractivity contribution in [1.29, 1.82) is 0 Å². The molecule has 1 aliphatic heterocycles. The van der Waals surface area contributed by atoms with E-state index in [0.29, 0.717) is 42.5 Å². The minimum absolute atomic E-state index is 0.187. The summed E-state index contributed by atoms with van der Waals surface area (Å²) in [4.78, 5) is 28.6. The summed E-state index contributed by atoms with van der Waals surface area (Å²) in [6, 6.07) is 7.67. The van der Waals surface area contributed by atoms with E-state index in [2.05, 4.69) is 10.00 Å². The highest BCUT2D eigenvalue weighted by atomic mass is 35.5. The first-order chi connectivity index (χ1) is 12.9. The molecule has 0 unspecified atom stereocenters. The Bertz CT molecular complexity index is 857. The van der Waals surface area contributed by atoms with Crippen LogP contribution in [0.1, 0.15) is 21.7 Å². The van der Waals surface area contributed by atoms with Crippen LogP contribution in [0.25, 0.3) is 0 Å². The average Bonchev–Trinajstić information content (AvgIpc) is 2.91. The standard InChI is InChI=1S/C19H23ClN4O3/c1-13-18(14(2)22(3)21-13)19(26)27-12-17(25)24-9-7-23(8-10-24)16-6-4-5-15(20)11-16/h4-6,11H,7-10,12H2,1-3H3. The quantitative estimate of drug-likeness (QED) is 0.748. The summed E-state index contributed by atoms with van der Waals surface area (Å²) in [5.74, 6) is -0.697. The van der Waals surface area contributed by atoms with Gasteiger partial charge in [-0.1, -0.05) is 17.7 Å². The molecule has 0 bridgehead atoms. The van der Waals surface area contributed by atoms with Crippen LogP contribution in [0, 0.1) is 13.8 Å². The lowest BCUT2D eigenvalue weighted by Gasteiger charge is -2.36. The van der Waals surface area contributed by atoms with Gasteiger partial charge in [0.25, 0.3) is 5.91 Å². The van der Waals surface area contributed by atoms with Crippen LogP contribution in [0.15, 0.2) is 24.3 Å². The summed E-state index contributed by atoms with van der Waals surface area (Å²) in [5, 5.41) is 4.89. The molecular formula is C19H23ClN4O3. The van der Waals surface area contributed by atoms with Gasteiger partial charge in [-0.3, -0.25) is 9.48 Å². The number of ether oxygens (including phenoxy) is 1. The number of benzene rings is 1. The molecule has 0 N–H and O–H groups in total. The number of amides is 1. The van der Waals surface area contributed by atoms with Crippen LogP contribution in [0.4, 0.5) is 5.69 Å². The molecule has 1 amide bonds. The Morgan fingerprint density at radius 1 is 1.19 bits per heavy atom. The Labute approximate surface area is 163 Å². The fraction of sp³-hybridized carbons (Fsp3) is 0.421. The molecule has 7 nitrogen and oxygen atoms in total. The summed E-state index contributed by atoms with van der Waals surface area (Å²) in [6.07, 6.45) is 0. The van der Waals surface area contributed by atoms with E-state index in [1.165, 1.54) is 0 Å². The average molecular weight is 391 g/mol. The highest BCUT2D eigenvalue weighted by Crippen LogP contribution is 2.21. The van der Waals surface area contributed by atoms with E-state index >= 15 is 0 Å². The van der Waals surface area contributed by atoms with Crippen LogP contribution < -0.4 is 4.90 Å². The fourth-order valence-electron chi connectivity index (χ4n) is 3.25. The monoisotopic (exact) mass is 390 g/mol. The number of rotatable bonds is 4. The number of carbonyl (C=O) groups excluding carboxylic acids is 2. The van der Waals surface area contributed by atoms with Crippen LogP contribution in [0.3, 0.4) is 0 Å². The predicted octanol–water partition coefficient (Wildman–Crippen LogP) is 2.20. The Morgan fingerprint density at radius 2 is 1.89 bits per heavy atom. The smallest absolute Gasteiger partial charge is 0.342 e. The first-order valence-electron chi connectivity index (χ1n) is 8.82. The number of hydrogen-bond donors (Lipinski definition) is 0. The van der Waals surface area contributed by atoms with Gasteiger partial charge in [0.15, 0.2) is 6.61 Å². The van der Waals surface area contributed by atoms with Gasteiger partial charge < -0.3 is 14.5 Å². The largest absolute Gasteiger partial charge is 0.452 e. The van der Waals surface area contributed by atoms with E-state index < -0.39 is 5.97 Å². The third-order valence-electron chi connectivity index (χ3n) is 4.85. The number of nitrogens with zero attached hydrogens (tertiary/aromatic N) is 4. The molecule has 1 saturated heterocycles. The minimum atomic E-state index is -0.510. The van der Waals surface area contributed by atoms with Crippen LogP contribution in [-0.2, 0) is 16.6 Å². The highest BCUT2D eigenvalue weighted by molar-refractivity contribution is 6.30. The van der Waals surface area contributed by atoms with Gasteiger partial charge in [0, 0.05) is 49.6 Å². The van der Waals surface area contributed by atoms with E-state index in [4.69, 9.17) is 16.3 Å². The normalized spacial score (nSPS) is 14.4. The second-order valence-corrected chi connectivity index (χ2v) is 7.03. The van der Waals surface area contributed by atoms with E-state index in [-0.39, 0.29) is 12.5 Å². The summed E-state index contributed by atoms with van der Waals surface area (Å²) in [6.45, 7) is 5.86. The molecule has 3 rings (SSSR count). The molecule has 1 aromatic heterocycles. The number of esters is 1. The summed E-state index contributed by atoms with van der Waals surface area (Å²) in [7, 11) is 1.77. The Hall–Kier alpha value is -2.54. The molecule has 2 heterocycles. The first-order valence-corrected chi connectivity index (χ1v) is 9.20. The lowest BCUT2D eigenvalue weighted by molar-refractivity contribution is -0.134. The molecule has 0 spiro atoms. The number of anilines is 1. The molecule has 1 aliphatic rings. The number of piperazine rings is 1. The van der Waals surface area contributed by atoms with Crippen molar-refractivity contribution in [2.24, 2.45) is 7.05 Å². The highest BCUT2D eigenvalue weighted by Gasteiger charge is 2.24. The molecule has 0 radical (unpaired) electrons. The van der Waals surface area contributed by atoms with Crippen molar-refractivity contribution in [1.82, 2.24) is 14.7 Å². The molecule has 1 aromatic carbocycles. The maximum absolute atomic E-state index is 12.4. The van der Waals surface area contributed by atoms with Gasteiger partial charge in [0.05, 0.1) is 5.69 Å². The van der Waals surface area contributed by atoms with E-state index in [1.54, 1.807) is 30.5 Å². The third kappa shape index (κ3) is 4.24. The van der Waals surface area contributed by atoms with Gasteiger partial charge in [-0.15, -0.1) is 0 Å². The summed E-state index contributed by atoms with van der Waals surface area (Å²) < 4.78 is 6.86. The van der Waals surface area contributed by atoms with Gasteiger partial charge in [-0.2, -0.15) is 5.10 Å². The van der Waals surface area contributed by atoms with Crippen LogP contribution in [-0.4, -0.2) is 59.3 Å². The Morgan fingerprint density at radius 3 is 2.48 bits per heavy atom. The Kier molecular flexibility index (Phi) is 5.70. The van der Waals surface area contributed by atoms with Crippen molar-refractivity contribution in [2.75, 3.05) is 37.7 Å². The number of aryl methyl sites for hydroxylation is 2. The van der Waals surface area contributed by atoms with Gasteiger partial charge >= 0.3 is 5.97 Å². The minimum Gasteiger partial charge on any atom is -0.452 e. The fourth-order valence-corrected chi connectivity index (χ4v) is 3.43. The first kappa shape index (κ1) is 19.2.